The number of aliphatic imine (C=N–C) groups is 1. The van der Waals surface area contributed by atoms with Crippen LogP contribution in [0.1, 0.15) is 16.7 Å². The van der Waals surface area contributed by atoms with Gasteiger partial charge in [-0.2, -0.15) is 0 Å². The van der Waals surface area contributed by atoms with Crippen LogP contribution in [0.15, 0.2) is 47.5 Å². The van der Waals surface area contributed by atoms with Crippen molar-refractivity contribution in [3.63, 3.8) is 0 Å². The second-order valence-electron chi connectivity index (χ2n) is 5.96. The van der Waals surface area contributed by atoms with E-state index in [4.69, 9.17) is 9.47 Å². The molecular weight excluding hydrogens is 333 g/mol. The SMILES string of the molecule is CN=C(NCc1ccc(F)c(COC)c1)N(C)Cc1ccc(OC)cc1. The lowest BCUT2D eigenvalue weighted by Crippen LogP contribution is -2.38. The Kier molecular flexibility index (Phi) is 7.41. The van der Waals surface area contributed by atoms with Gasteiger partial charge in [-0.25, -0.2) is 4.39 Å². The summed E-state index contributed by atoms with van der Waals surface area (Å²) in [6, 6.07) is 13.0. The lowest BCUT2D eigenvalue weighted by molar-refractivity contribution is 0.181. The van der Waals surface area contributed by atoms with Crippen molar-refractivity contribution < 1.29 is 13.9 Å². The molecule has 2 aromatic rings. The molecule has 1 N–H and O–H groups in total. The van der Waals surface area contributed by atoms with Gasteiger partial charge in [0.1, 0.15) is 11.6 Å². The van der Waals surface area contributed by atoms with Gasteiger partial charge >= 0.3 is 0 Å². The minimum absolute atomic E-state index is 0.253. The fourth-order valence-electron chi connectivity index (χ4n) is 2.65. The third kappa shape index (κ3) is 5.46. The highest BCUT2D eigenvalue weighted by molar-refractivity contribution is 5.79. The summed E-state index contributed by atoms with van der Waals surface area (Å²) in [6.45, 7) is 1.52. The molecule has 0 atom stereocenters. The average molecular weight is 359 g/mol. The van der Waals surface area contributed by atoms with E-state index < -0.39 is 0 Å². The van der Waals surface area contributed by atoms with Crippen molar-refractivity contribution in [2.45, 2.75) is 19.7 Å². The standard InChI is InChI=1S/C20H26FN3O2/c1-22-20(24(2)13-15-5-8-18(26-4)9-6-15)23-12-16-7-10-19(21)17(11-16)14-25-3/h5-11H,12-14H2,1-4H3,(H,22,23). The molecule has 0 radical (unpaired) electrons. The van der Waals surface area contributed by atoms with Crippen molar-refractivity contribution in [1.82, 2.24) is 10.2 Å². The molecule has 26 heavy (non-hydrogen) atoms. The summed E-state index contributed by atoms with van der Waals surface area (Å²) in [7, 11) is 6.93. The van der Waals surface area contributed by atoms with Crippen molar-refractivity contribution >= 4 is 5.96 Å². The second kappa shape index (κ2) is 9.77. The fraction of sp³-hybridized carbons (Fsp3) is 0.350. The summed E-state index contributed by atoms with van der Waals surface area (Å²) in [4.78, 5) is 6.35. The Morgan fingerprint density at radius 3 is 2.42 bits per heavy atom. The summed E-state index contributed by atoms with van der Waals surface area (Å²) in [5.74, 6) is 1.34. The smallest absolute Gasteiger partial charge is 0.193 e. The van der Waals surface area contributed by atoms with Crippen molar-refractivity contribution in [2.75, 3.05) is 28.3 Å². The van der Waals surface area contributed by atoms with Crippen LogP contribution >= 0.6 is 0 Å². The molecule has 0 fully saturated rings. The van der Waals surface area contributed by atoms with Gasteiger partial charge in [-0.3, -0.25) is 4.99 Å². The van der Waals surface area contributed by atoms with Crippen molar-refractivity contribution in [3.05, 3.63) is 65.0 Å². The van der Waals surface area contributed by atoms with Crippen LogP contribution in [0.4, 0.5) is 4.39 Å². The van der Waals surface area contributed by atoms with Gasteiger partial charge in [0.2, 0.25) is 0 Å². The number of guanidine groups is 1. The van der Waals surface area contributed by atoms with Crippen LogP contribution in [0.2, 0.25) is 0 Å². The Morgan fingerprint density at radius 2 is 1.81 bits per heavy atom. The number of halogens is 1. The molecule has 0 bridgehead atoms. The fourth-order valence-corrected chi connectivity index (χ4v) is 2.65. The number of ether oxygens (including phenoxy) is 2. The number of nitrogens with zero attached hydrogens (tertiary/aromatic N) is 2. The Labute approximate surface area is 154 Å². The zero-order valence-corrected chi connectivity index (χ0v) is 15.8. The molecule has 0 saturated carbocycles. The van der Waals surface area contributed by atoms with Crippen LogP contribution < -0.4 is 10.1 Å². The van der Waals surface area contributed by atoms with Crippen molar-refractivity contribution in [3.8, 4) is 5.75 Å². The highest BCUT2D eigenvalue weighted by atomic mass is 19.1. The Hall–Kier alpha value is -2.60. The summed E-state index contributed by atoms with van der Waals surface area (Å²) >= 11 is 0. The van der Waals surface area contributed by atoms with Crippen LogP contribution in [0.25, 0.3) is 0 Å². The number of rotatable bonds is 7. The van der Waals surface area contributed by atoms with Crippen LogP contribution in [0, 0.1) is 5.82 Å². The van der Waals surface area contributed by atoms with E-state index in [1.165, 1.54) is 6.07 Å². The van der Waals surface area contributed by atoms with E-state index in [-0.39, 0.29) is 12.4 Å². The Bertz CT molecular complexity index is 732. The highest BCUT2D eigenvalue weighted by Gasteiger charge is 2.08. The molecule has 0 spiro atoms. The van der Waals surface area contributed by atoms with Gasteiger partial charge in [0, 0.05) is 39.9 Å². The maximum absolute atomic E-state index is 13.7. The van der Waals surface area contributed by atoms with Crippen molar-refractivity contribution in [2.24, 2.45) is 4.99 Å². The molecule has 2 rings (SSSR count). The number of benzene rings is 2. The quantitative estimate of drug-likeness (QED) is 0.609. The predicted octanol–water partition coefficient (Wildman–Crippen LogP) is 3.19. The van der Waals surface area contributed by atoms with Gasteiger partial charge in [-0.05, 0) is 35.4 Å². The molecule has 0 unspecified atom stereocenters. The molecule has 0 saturated heterocycles. The van der Waals surface area contributed by atoms with E-state index in [1.807, 2.05) is 42.3 Å². The van der Waals surface area contributed by atoms with Crippen LogP contribution in [-0.2, 0) is 24.4 Å². The Balaban J connectivity index is 1.96. The summed E-state index contributed by atoms with van der Waals surface area (Å²) in [6.07, 6.45) is 0. The van der Waals surface area contributed by atoms with Gasteiger partial charge in [0.05, 0.1) is 13.7 Å². The molecule has 6 heteroatoms. The zero-order valence-electron chi connectivity index (χ0n) is 15.8. The molecule has 0 aliphatic carbocycles. The number of hydrogen-bond acceptors (Lipinski definition) is 3. The van der Waals surface area contributed by atoms with Crippen LogP contribution in [0.3, 0.4) is 0 Å². The molecule has 0 aliphatic heterocycles. The van der Waals surface area contributed by atoms with Gasteiger partial charge < -0.3 is 19.7 Å². The number of nitrogens with one attached hydrogen (secondary N) is 1. The monoisotopic (exact) mass is 359 g/mol. The first-order valence-electron chi connectivity index (χ1n) is 8.38. The third-order valence-electron chi connectivity index (χ3n) is 4.01. The van der Waals surface area contributed by atoms with Gasteiger partial charge in [0.25, 0.3) is 0 Å². The third-order valence-corrected chi connectivity index (χ3v) is 4.01. The molecule has 2 aromatic carbocycles. The van der Waals surface area contributed by atoms with E-state index in [0.29, 0.717) is 18.7 Å². The highest BCUT2D eigenvalue weighted by Crippen LogP contribution is 2.13. The van der Waals surface area contributed by atoms with E-state index in [2.05, 4.69) is 10.3 Å². The van der Waals surface area contributed by atoms with Crippen LogP contribution in [0.5, 0.6) is 5.75 Å². The first-order valence-corrected chi connectivity index (χ1v) is 8.38. The second-order valence-corrected chi connectivity index (χ2v) is 5.96. The van der Waals surface area contributed by atoms with Gasteiger partial charge in [-0.15, -0.1) is 0 Å². The van der Waals surface area contributed by atoms with E-state index >= 15 is 0 Å². The summed E-state index contributed by atoms with van der Waals surface area (Å²) in [5, 5.41) is 3.31. The molecule has 140 valence electrons. The molecular formula is C20H26FN3O2. The minimum atomic E-state index is -0.253. The zero-order chi connectivity index (χ0) is 18.9. The van der Waals surface area contributed by atoms with Crippen LogP contribution in [-0.4, -0.2) is 39.2 Å². The predicted molar refractivity (Wildman–Crippen MR) is 102 cm³/mol. The number of hydrogen-bond donors (Lipinski definition) is 1. The van der Waals surface area contributed by atoms with E-state index in [9.17, 15) is 4.39 Å². The molecule has 0 aliphatic rings. The first kappa shape index (κ1) is 19.7. The summed E-state index contributed by atoms with van der Waals surface area (Å²) in [5.41, 5.74) is 2.67. The first-order chi connectivity index (χ1) is 12.6. The average Bonchev–Trinajstić information content (AvgIpc) is 2.65. The molecule has 0 amide bonds. The topological polar surface area (TPSA) is 46.1 Å². The lowest BCUT2D eigenvalue weighted by atomic mass is 10.1. The number of methoxy groups -OCH3 is 2. The maximum atomic E-state index is 13.7. The minimum Gasteiger partial charge on any atom is -0.497 e. The van der Waals surface area contributed by atoms with Crippen molar-refractivity contribution in [1.29, 1.82) is 0 Å². The maximum Gasteiger partial charge on any atom is 0.193 e. The van der Waals surface area contributed by atoms with Gasteiger partial charge in [0.15, 0.2) is 5.96 Å². The normalized spacial score (nSPS) is 11.3. The Morgan fingerprint density at radius 1 is 1.12 bits per heavy atom. The summed E-state index contributed by atoms with van der Waals surface area (Å²) < 4.78 is 23.9. The van der Waals surface area contributed by atoms with Gasteiger partial charge in [-0.1, -0.05) is 18.2 Å². The lowest BCUT2D eigenvalue weighted by Gasteiger charge is -2.22. The largest absolute Gasteiger partial charge is 0.497 e. The molecule has 0 heterocycles. The van der Waals surface area contributed by atoms with E-state index in [1.54, 1.807) is 27.3 Å². The molecule has 0 aromatic heterocycles. The van der Waals surface area contributed by atoms with E-state index in [0.717, 1.165) is 22.8 Å². The molecule has 5 nitrogen and oxygen atoms in total.